The van der Waals surface area contributed by atoms with Gasteiger partial charge in [-0.2, -0.15) is 0 Å². The van der Waals surface area contributed by atoms with Gasteiger partial charge in [0, 0.05) is 10.6 Å². The molecule has 3 rings (SSSR count). The fourth-order valence-corrected chi connectivity index (χ4v) is 3.10. The minimum atomic E-state index is -0.403. The molecule has 0 saturated carbocycles. The van der Waals surface area contributed by atoms with Crippen LogP contribution >= 0.6 is 11.6 Å². The molecule has 1 nitrogen and oxygen atoms in total. The minimum Gasteiger partial charge on any atom is -0.494 e. The van der Waals surface area contributed by atoms with Gasteiger partial charge < -0.3 is 4.74 Å². The lowest BCUT2D eigenvalue weighted by Gasteiger charge is -2.07. The van der Waals surface area contributed by atoms with Crippen molar-refractivity contribution < 1.29 is 9.13 Å². The highest BCUT2D eigenvalue weighted by atomic mass is 35.5. The normalized spacial score (nSPS) is 10.2. The highest BCUT2D eigenvalue weighted by Crippen LogP contribution is 2.16. The van der Waals surface area contributed by atoms with Crippen LogP contribution in [0.25, 0.3) is 0 Å². The minimum absolute atomic E-state index is 0.344. The van der Waals surface area contributed by atoms with Crippen molar-refractivity contribution in [3.05, 3.63) is 112 Å². The zero-order valence-corrected chi connectivity index (χ0v) is 17.6. The van der Waals surface area contributed by atoms with E-state index in [1.165, 1.54) is 17.2 Å². The summed E-state index contributed by atoms with van der Waals surface area (Å²) in [7, 11) is 0. The van der Waals surface area contributed by atoms with Crippen LogP contribution in [0.4, 0.5) is 4.39 Å². The summed E-state index contributed by atoms with van der Waals surface area (Å²) in [4.78, 5) is 0. The number of halogens is 2. The summed E-state index contributed by atoms with van der Waals surface area (Å²) < 4.78 is 19.5. The molecule has 0 spiro atoms. The third kappa shape index (κ3) is 6.79. The molecular formula is C27H24ClFO. The van der Waals surface area contributed by atoms with E-state index in [9.17, 15) is 4.39 Å². The summed E-state index contributed by atoms with van der Waals surface area (Å²) in [5, 5.41) is 0.369. The van der Waals surface area contributed by atoms with Gasteiger partial charge in [-0.3, -0.25) is 0 Å². The molecule has 0 radical (unpaired) electrons. The largest absolute Gasteiger partial charge is 0.494 e. The van der Waals surface area contributed by atoms with Gasteiger partial charge in [-0.05, 0) is 79.3 Å². The number of aryl methyl sites for hydroxylation is 2. The van der Waals surface area contributed by atoms with Gasteiger partial charge in [0.15, 0.2) is 0 Å². The monoisotopic (exact) mass is 418 g/mol. The van der Waals surface area contributed by atoms with Crippen LogP contribution in [0.1, 0.15) is 35.1 Å². The zero-order chi connectivity index (χ0) is 21.2. The molecule has 0 bridgehead atoms. The Morgan fingerprint density at radius 3 is 2.20 bits per heavy atom. The van der Waals surface area contributed by atoms with Gasteiger partial charge in [0.2, 0.25) is 0 Å². The molecule has 0 unspecified atom stereocenters. The van der Waals surface area contributed by atoms with E-state index in [0.29, 0.717) is 17.2 Å². The van der Waals surface area contributed by atoms with Gasteiger partial charge in [0.1, 0.15) is 11.6 Å². The van der Waals surface area contributed by atoms with E-state index in [1.807, 2.05) is 30.3 Å². The molecule has 0 fully saturated rings. The van der Waals surface area contributed by atoms with Crippen molar-refractivity contribution in [3.8, 4) is 17.6 Å². The number of allylic oxidation sites excluding steroid dienone is 1. The second-order valence-corrected chi connectivity index (χ2v) is 7.43. The number of ether oxygens (including phenoxy) is 1. The van der Waals surface area contributed by atoms with E-state index >= 15 is 0 Å². The summed E-state index contributed by atoms with van der Waals surface area (Å²) in [5.74, 6) is 6.36. The smallest absolute Gasteiger partial charge is 0.140 e. The quantitative estimate of drug-likeness (QED) is 0.217. The fraction of sp³-hybridized carbons (Fsp3) is 0.185. The summed E-state index contributed by atoms with van der Waals surface area (Å²) in [5.41, 5.74) is 3.71. The van der Waals surface area contributed by atoms with E-state index in [1.54, 1.807) is 12.1 Å². The molecule has 3 aromatic rings. The molecule has 0 aromatic heterocycles. The van der Waals surface area contributed by atoms with Crippen LogP contribution in [0.15, 0.2) is 79.4 Å². The lowest BCUT2D eigenvalue weighted by molar-refractivity contribution is 0.312. The number of rotatable bonds is 8. The highest BCUT2D eigenvalue weighted by Gasteiger charge is 2.00. The second-order valence-electron chi connectivity index (χ2n) is 6.99. The van der Waals surface area contributed by atoms with Crippen molar-refractivity contribution >= 4 is 11.6 Å². The molecule has 0 aliphatic heterocycles. The Kier molecular flexibility index (Phi) is 8.12. The van der Waals surface area contributed by atoms with Crippen LogP contribution in [0.2, 0.25) is 5.02 Å². The van der Waals surface area contributed by atoms with E-state index in [4.69, 9.17) is 16.3 Å². The van der Waals surface area contributed by atoms with Gasteiger partial charge in [-0.1, -0.05) is 53.8 Å². The molecule has 0 N–H and O–H groups in total. The lowest BCUT2D eigenvalue weighted by Crippen LogP contribution is -1.97. The van der Waals surface area contributed by atoms with Gasteiger partial charge in [-0.25, -0.2) is 4.39 Å². The van der Waals surface area contributed by atoms with Crippen molar-refractivity contribution in [2.24, 2.45) is 0 Å². The molecule has 3 aromatic carbocycles. The SMILES string of the molecule is C=CCCCOc1ccc(CCc2ccc(C#Cc3ccc(Cl)cc3F)cc2)cc1. The van der Waals surface area contributed by atoms with Crippen LogP contribution in [0.3, 0.4) is 0 Å². The van der Waals surface area contributed by atoms with Crippen LogP contribution in [0, 0.1) is 17.7 Å². The van der Waals surface area contributed by atoms with Gasteiger partial charge in [0.05, 0.1) is 12.2 Å². The fourth-order valence-electron chi connectivity index (χ4n) is 2.94. The molecule has 30 heavy (non-hydrogen) atoms. The van der Waals surface area contributed by atoms with Crippen molar-refractivity contribution in [2.75, 3.05) is 6.61 Å². The predicted molar refractivity (Wildman–Crippen MR) is 123 cm³/mol. The Hall–Kier alpha value is -3.02. The Labute approximate surface area is 183 Å². The lowest BCUT2D eigenvalue weighted by atomic mass is 10.0. The molecule has 0 amide bonds. The van der Waals surface area contributed by atoms with Crippen molar-refractivity contribution in [1.29, 1.82) is 0 Å². The number of benzene rings is 3. The van der Waals surface area contributed by atoms with Crippen LogP contribution in [-0.2, 0) is 12.8 Å². The van der Waals surface area contributed by atoms with Gasteiger partial charge in [-0.15, -0.1) is 6.58 Å². The first-order valence-electron chi connectivity index (χ1n) is 10.0. The van der Waals surface area contributed by atoms with E-state index < -0.39 is 5.82 Å². The molecule has 0 aliphatic carbocycles. The Morgan fingerprint density at radius 2 is 1.57 bits per heavy atom. The van der Waals surface area contributed by atoms with Gasteiger partial charge in [0.25, 0.3) is 0 Å². The Morgan fingerprint density at radius 1 is 0.900 bits per heavy atom. The average Bonchev–Trinajstić information content (AvgIpc) is 2.76. The van der Waals surface area contributed by atoms with E-state index in [-0.39, 0.29) is 0 Å². The molecule has 0 saturated heterocycles. The van der Waals surface area contributed by atoms with Crippen LogP contribution in [-0.4, -0.2) is 6.61 Å². The summed E-state index contributed by atoms with van der Waals surface area (Å²) >= 11 is 5.77. The van der Waals surface area contributed by atoms with E-state index in [2.05, 4.69) is 42.7 Å². The molecule has 152 valence electrons. The molecule has 3 heteroatoms. The predicted octanol–water partition coefficient (Wildman–Crippen LogP) is 7.01. The zero-order valence-electron chi connectivity index (χ0n) is 16.8. The van der Waals surface area contributed by atoms with Crippen molar-refractivity contribution in [3.63, 3.8) is 0 Å². The number of unbranched alkanes of at least 4 members (excludes halogenated alkanes) is 1. The first-order chi connectivity index (χ1) is 14.6. The van der Waals surface area contributed by atoms with Gasteiger partial charge >= 0.3 is 0 Å². The van der Waals surface area contributed by atoms with Crippen molar-refractivity contribution in [2.45, 2.75) is 25.7 Å². The van der Waals surface area contributed by atoms with Crippen LogP contribution in [0.5, 0.6) is 5.75 Å². The Balaban J connectivity index is 1.51. The maximum absolute atomic E-state index is 13.8. The topological polar surface area (TPSA) is 9.23 Å². The third-order valence-corrected chi connectivity index (χ3v) is 4.91. The summed E-state index contributed by atoms with van der Waals surface area (Å²) in [6.07, 6.45) is 5.77. The third-order valence-electron chi connectivity index (χ3n) is 4.67. The molecule has 0 aliphatic rings. The first kappa shape index (κ1) is 21.7. The van der Waals surface area contributed by atoms with Crippen LogP contribution < -0.4 is 4.74 Å². The first-order valence-corrected chi connectivity index (χ1v) is 10.4. The maximum Gasteiger partial charge on any atom is 0.140 e. The van der Waals surface area contributed by atoms with Crippen molar-refractivity contribution in [1.82, 2.24) is 0 Å². The standard InChI is InChI=1S/C27H24ClFO/c1-2-3-4-19-30-26-17-12-23(13-18-26)10-7-21-5-8-22(9-6-21)11-14-24-15-16-25(28)20-27(24)29/h2,5-6,8-9,12-13,15-18,20H,1,3-4,7,10,19H2. The molecular weight excluding hydrogens is 395 g/mol. The van der Waals surface area contributed by atoms with E-state index in [0.717, 1.165) is 37.0 Å². The highest BCUT2D eigenvalue weighted by molar-refractivity contribution is 6.30. The average molecular weight is 419 g/mol. The molecule has 0 atom stereocenters. The summed E-state index contributed by atoms with van der Waals surface area (Å²) in [6.45, 7) is 4.43. The number of hydrogen-bond donors (Lipinski definition) is 0. The Bertz CT molecular complexity index is 1030. The molecule has 0 heterocycles. The second kappa shape index (κ2) is 11.2. The maximum atomic E-state index is 13.8. The number of hydrogen-bond acceptors (Lipinski definition) is 1. The summed E-state index contributed by atoms with van der Waals surface area (Å²) in [6, 6.07) is 20.9.